The van der Waals surface area contributed by atoms with Gasteiger partial charge in [0.2, 0.25) is 6.54 Å². The van der Waals surface area contributed by atoms with E-state index in [9.17, 15) is 4.79 Å². The lowest BCUT2D eigenvalue weighted by Crippen LogP contribution is -2.26. The van der Waals surface area contributed by atoms with Gasteiger partial charge in [0.05, 0.1) is 12.1 Å². The van der Waals surface area contributed by atoms with E-state index in [0.717, 1.165) is 5.69 Å². The molecule has 16 heavy (non-hydrogen) atoms. The highest BCUT2D eigenvalue weighted by Crippen LogP contribution is 2.09. The molecule has 0 unspecified atom stereocenters. The Bertz CT molecular complexity index is 410. The van der Waals surface area contributed by atoms with Crippen LogP contribution in [0.25, 0.3) is 4.85 Å². The van der Waals surface area contributed by atoms with Crippen LogP contribution in [-0.4, -0.2) is 27.8 Å². The summed E-state index contributed by atoms with van der Waals surface area (Å²) >= 11 is 0. The van der Waals surface area contributed by atoms with Gasteiger partial charge in [0.25, 0.3) is 0 Å². The van der Waals surface area contributed by atoms with Crippen LogP contribution in [0.5, 0.6) is 0 Å². The lowest BCUT2D eigenvalue weighted by Gasteiger charge is -2.18. The summed E-state index contributed by atoms with van der Waals surface area (Å²) in [5.74, 6) is 0. The molecule has 0 atom stereocenters. The van der Waals surface area contributed by atoms with Crippen LogP contribution < -0.4 is 0 Å². The van der Waals surface area contributed by atoms with Crippen molar-refractivity contribution in [2.24, 2.45) is 0 Å². The summed E-state index contributed by atoms with van der Waals surface area (Å²) < 4.78 is 6.46. The quantitative estimate of drug-likeness (QED) is 0.719. The van der Waals surface area contributed by atoms with Crippen LogP contribution in [0.2, 0.25) is 0 Å². The van der Waals surface area contributed by atoms with E-state index in [4.69, 9.17) is 11.3 Å². The van der Waals surface area contributed by atoms with Crippen LogP contribution in [0.1, 0.15) is 26.5 Å². The van der Waals surface area contributed by atoms with Gasteiger partial charge in [0.15, 0.2) is 0 Å². The monoisotopic (exact) mass is 221 g/mol. The third-order valence-corrected chi connectivity index (χ3v) is 1.72. The number of aromatic nitrogens is 2. The molecule has 1 aromatic heterocycles. The van der Waals surface area contributed by atoms with Gasteiger partial charge in [-0.15, -0.1) is 0 Å². The van der Waals surface area contributed by atoms with Gasteiger partial charge in [-0.1, -0.05) is 0 Å². The normalized spacial score (nSPS) is 10.9. The molecule has 0 fully saturated rings. The van der Waals surface area contributed by atoms with Crippen molar-refractivity contribution in [3.05, 3.63) is 29.6 Å². The Kier molecular flexibility index (Phi) is 3.67. The topological polar surface area (TPSA) is 48.5 Å². The second-order valence-corrected chi connectivity index (χ2v) is 4.38. The fourth-order valence-corrected chi connectivity index (χ4v) is 1.08. The maximum atomic E-state index is 11.6. The molecule has 0 amide bonds. The van der Waals surface area contributed by atoms with Gasteiger partial charge in [-0.05, 0) is 20.8 Å². The number of hydrogen-bond donors (Lipinski definition) is 0. The zero-order valence-corrected chi connectivity index (χ0v) is 9.73. The number of carbonyl (C=O) groups is 1. The highest BCUT2D eigenvalue weighted by molar-refractivity contribution is 5.70. The second kappa shape index (κ2) is 4.79. The van der Waals surface area contributed by atoms with Crippen LogP contribution >= 0.6 is 0 Å². The first-order chi connectivity index (χ1) is 7.42. The van der Waals surface area contributed by atoms with Gasteiger partial charge in [-0.3, -0.25) is 0 Å². The van der Waals surface area contributed by atoms with Crippen molar-refractivity contribution in [1.82, 2.24) is 9.55 Å². The molecule has 0 radical (unpaired) electrons. The first kappa shape index (κ1) is 12.2. The average Bonchev–Trinajstić information content (AvgIpc) is 2.60. The van der Waals surface area contributed by atoms with E-state index >= 15 is 0 Å². The predicted octanol–water partition coefficient (Wildman–Crippen LogP) is 2.13. The van der Waals surface area contributed by atoms with Crippen molar-refractivity contribution < 1.29 is 9.53 Å². The Labute approximate surface area is 94.9 Å². The van der Waals surface area contributed by atoms with Crippen LogP contribution in [0, 0.1) is 6.57 Å². The average molecular weight is 221 g/mol. The Morgan fingerprint density at radius 2 is 2.31 bits per heavy atom. The second-order valence-electron chi connectivity index (χ2n) is 4.38. The Balaban J connectivity index is 2.64. The third kappa shape index (κ3) is 3.73. The third-order valence-electron chi connectivity index (χ3n) is 1.72. The summed E-state index contributed by atoms with van der Waals surface area (Å²) in [6.07, 6.45) is 3.11. The SMILES string of the molecule is [C-]#[N+]CCc1cn(C(=O)OC(C)(C)C)cn1. The van der Waals surface area contributed by atoms with Gasteiger partial charge in [0.1, 0.15) is 11.9 Å². The summed E-state index contributed by atoms with van der Waals surface area (Å²) in [5.41, 5.74) is 0.208. The predicted molar refractivity (Wildman–Crippen MR) is 59.0 cm³/mol. The van der Waals surface area contributed by atoms with E-state index in [0.29, 0.717) is 13.0 Å². The number of imidazole rings is 1. The zero-order valence-electron chi connectivity index (χ0n) is 9.73. The molecule has 1 aromatic rings. The molecule has 0 saturated heterocycles. The summed E-state index contributed by atoms with van der Waals surface area (Å²) in [7, 11) is 0. The van der Waals surface area contributed by atoms with Crippen molar-refractivity contribution in [2.75, 3.05) is 6.54 Å². The lowest BCUT2D eigenvalue weighted by atomic mass is 10.2. The number of rotatable bonds is 2. The molecule has 0 saturated carbocycles. The highest BCUT2D eigenvalue weighted by atomic mass is 16.6. The van der Waals surface area contributed by atoms with Gasteiger partial charge < -0.3 is 9.58 Å². The molecule has 1 rings (SSSR count). The minimum Gasteiger partial charge on any atom is -0.443 e. The van der Waals surface area contributed by atoms with E-state index in [-0.39, 0.29) is 0 Å². The van der Waals surface area contributed by atoms with E-state index in [1.54, 1.807) is 6.20 Å². The first-order valence-corrected chi connectivity index (χ1v) is 5.02. The van der Waals surface area contributed by atoms with Crippen LogP contribution in [0.15, 0.2) is 12.5 Å². The van der Waals surface area contributed by atoms with Crippen molar-refractivity contribution >= 4 is 6.09 Å². The van der Waals surface area contributed by atoms with Crippen LogP contribution in [0.3, 0.4) is 0 Å². The van der Waals surface area contributed by atoms with Gasteiger partial charge in [-0.25, -0.2) is 20.9 Å². The van der Waals surface area contributed by atoms with Crippen molar-refractivity contribution in [1.29, 1.82) is 0 Å². The molecule has 0 N–H and O–H groups in total. The largest absolute Gasteiger partial charge is 0.443 e. The molecular formula is C11H15N3O2. The number of nitrogens with zero attached hydrogens (tertiary/aromatic N) is 3. The first-order valence-electron chi connectivity index (χ1n) is 5.02. The number of hydrogen-bond acceptors (Lipinski definition) is 3. The molecular weight excluding hydrogens is 206 g/mol. The van der Waals surface area contributed by atoms with E-state index < -0.39 is 11.7 Å². The fourth-order valence-electron chi connectivity index (χ4n) is 1.08. The summed E-state index contributed by atoms with van der Waals surface area (Å²) in [5, 5.41) is 0. The Morgan fingerprint density at radius 1 is 1.62 bits per heavy atom. The molecule has 86 valence electrons. The van der Waals surface area contributed by atoms with Gasteiger partial charge >= 0.3 is 6.09 Å². The minimum atomic E-state index is -0.516. The van der Waals surface area contributed by atoms with Crippen molar-refractivity contribution in [3.63, 3.8) is 0 Å². The molecule has 0 aromatic carbocycles. The van der Waals surface area contributed by atoms with Crippen molar-refractivity contribution in [3.8, 4) is 0 Å². The molecule has 0 aliphatic heterocycles. The van der Waals surface area contributed by atoms with Crippen LogP contribution in [0.4, 0.5) is 4.79 Å². The smallest absolute Gasteiger partial charge is 0.419 e. The molecule has 0 bridgehead atoms. The van der Waals surface area contributed by atoms with Gasteiger partial charge in [-0.2, -0.15) is 0 Å². The van der Waals surface area contributed by atoms with Crippen LogP contribution in [-0.2, 0) is 11.2 Å². The fraction of sp³-hybridized carbons (Fsp3) is 0.545. The lowest BCUT2D eigenvalue weighted by molar-refractivity contribution is 0.0536. The zero-order chi connectivity index (χ0) is 12.2. The Morgan fingerprint density at radius 3 is 2.88 bits per heavy atom. The Hall–Kier alpha value is -1.83. The maximum Gasteiger partial charge on any atom is 0.419 e. The van der Waals surface area contributed by atoms with E-state index in [1.807, 2.05) is 20.8 Å². The molecule has 0 spiro atoms. The highest BCUT2D eigenvalue weighted by Gasteiger charge is 2.17. The molecule has 5 heteroatoms. The molecule has 5 nitrogen and oxygen atoms in total. The maximum absolute atomic E-state index is 11.6. The van der Waals surface area contributed by atoms with Gasteiger partial charge in [0, 0.05) is 6.20 Å². The minimum absolute atomic E-state index is 0.380. The number of carbonyl (C=O) groups excluding carboxylic acids is 1. The molecule has 0 aliphatic rings. The molecule has 1 heterocycles. The standard InChI is InChI=1S/C11H15N3O2/c1-11(2,3)16-10(15)14-7-9(13-8-14)5-6-12-4/h7-8H,5-6H2,1-3H3. The summed E-state index contributed by atoms with van der Waals surface area (Å²) in [4.78, 5) is 18.8. The van der Waals surface area contributed by atoms with E-state index in [2.05, 4.69) is 9.83 Å². The van der Waals surface area contributed by atoms with Crippen molar-refractivity contribution in [2.45, 2.75) is 32.8 Å². The number of ether oxygens (including phenoxy) is 1. The van der Waals surface area contributed by atoms with E-state index in [1.165, 1.54) is 10.9 Å². The summed E-state index contributed by atoms with van der Waals surface area (Å²) in [6, 6.07) is 0. The summed E-state index contributed by atoms with van der Waals surface area (Å²) in [6.45, 7) is 12.5. The molecule has 0 aliphatic carbocycles.